The lowest BCUT2D eigenvalue weighted by Gasteiger charge is -2.09. The van der Waals surface area contributed by atoms with E-state index >= 15 is 0 Å². The van der Waals surface area contributed by atoms with Crippen molar-refractivity contribution >= 4 is 16.6 Å². The number of aromatic amines is 2. The number of nitrogens with one attached hydrogen (secondary N) is 2. The van der Waals surface area contributed by atoms with Crippen LogP contribution in [0.2, 0.25) is 0 Å². The standard InChI is InChI=1S/C22H15F4N7O2/c23-15-8-29-33-18(5-16(30-19(15)33)14-7-27-21(35)31-20(14)34)13-4-12(13)10-1-2-11-6-28-32(17(11)3-10)9-22(24,25)26/h1-3,5-8,12-13H,4,9H2,(H2,27,31,34,35)/t12-,13+/m0/s1. The highest BCUT2D eigenvalue weighted by Gasteiger charge is 2.42. The Hall–Kier alpha value is -4.29. The van der Waals surface area contributed by atoms with E-state index in [-0.39, 0.29) is 28.7 Å². The molecule has 0 bridgehead atoms. The van der Waals surface area contributed by atoms with E-state index in [1.807, 2.05) is 6.07 Å². The third-order valence-electron chi connectivity index (χ3n) is 6.15. The Morgan fingerprint density at radius 3 is 2.69 bits per heavy atom. The van der Waals surface area contributed by atoms with Gasteiger partial charge in [0, 0.05) is 17.5 Å². The number of fused-ring (bicyclic) bond motifs is 2. The minimum atomic E-state index is -4.40. The summed E-state index contributed by atoms with van der Waals surface area (Å²) in [5.74, 6) is -0.881. The van der Waals surface area contributed by atoms with Gasteiger partial charge in [-0.2, -0.15) is 23.4 Å². The van der Waals surface area contributed by atoms with Crippen molar-refractivity contribution < 1.29 is 17.6 Å². The maximum Gasteiger partial charge on any atom is 0.408 e. The second-order valence-corrected chi connectivity index (χ2v) is 8.46. The molecule has 1 aliphatic rings. The van der Waals surface area contributed by atoms with Gasteiger partial charge in [0.2, 0.25) is 0 Å². The maximum atomic E-state index is 14.4. The summed E-state index contributed by atoms with van der Waals surface area (Å²) in [5.41, 5.74) is 0.562. The van der Waals surface area contributed by atoms with Crippen molar-refractivity contribution in [1.82, 2.24) is 34.3 Å². The van der Waals surface area contributed by atoms with Gasteiger partial charge in [-0.3, -0.25) is 14.5 Å². The zero-order chi connectivity index (χ0) is 24.5. The van der Waals surface area contributed by atoms with Crippen LogP contribution in [0.1, 0.15) is 29.5 Å². The van der Waals surface area contributed by atoms with Crippen LogP contribution in [-0.2, 0) is 6.54 Å². The van der Waals surface area contributed by atoms with Crippen LogP contribution in [0.5, 0.6) is 0 Å². The van der Waals surface area contributed by atoms with Crippen LogP contribution >= 0.6 is 0 Å². The number of aromatic nitrogens is 7. The van der Waals surface area contributed by atoms with Crippen LogP contribution in [-0.4, -0.2) is 40.5 Å². The van der Waals surface area contributed by atoms with Crippen molar-refractivity contribution in [3.63, 3.8) is 0 Å². The number of H-pyrrole nitrogens is 2. The summed E-state index contributed by atoms with van der Waals surface area (Å²) >= 11 is 0. The number of alkyl halides is 3. The number of rotatable bonds is 4. The summed E-state index contributed by atoms with van der Waals surface area (Å²) in [6, 6.07) is 6.86. The Morgan fingerprint density at radius 1 is 1.09 bits per heavy atom. The van der Waals surface area contributed by atoms with Crippen LogP contribution in [0.3, 0.4) is 0 Å². The SMILES string of the molecule is O=c1[nH]cc(-c2cc([C@@H]3C[C@H]3c3ccc4cnn(CC(F)(F)F)c4c3)n3ncc(F)c3n2)c(=O)[nH]1. The van der Waals surface area contributed by atoms with Gasteiger partial charge in [-0.25, -0.2) is 18.7 Å². The molecule has 1 saturated carbocycles. The lowest BCUT2D eigenvalue weighted by atomic mass is 10.1. The summed E-state index contributed by atoms with van der Waals surface area (Å²) in [6.45, 7) is -1.19. The molecule has 1 aliphatic carbocycles. The van der Waals surface area contributed by atoms with Crippen LogP contribution < -0.4 is 11.2 Å². The molecular weight excluding hydrogens is 470 g/mol. The topological polar surface area (TPSA) is 114 Å². The Kier molecular flexibility index (Phi) is 4.47. The average Bonchev–Trinajstić information content (AvgIpc) is 3.38. The molecule has 4 aromatic heterocycles. The third kappa shape index (κ3) is 3.68. The van der Waals surface area contributed by atoms with Crippen LogP contribution in [0, 0.1) is 5.82 Å². The van der Waals surface area contributed by atoms with Gasteiger partial charge < -0.3 is 4.98 Å². The first kappa shape index (κ1) is 21.3. The first-order chi connectivity index (χ1) is 16.7. The molecule has 1 aromatic carbocycles. The predicted octanol–water partition coefficient (Wildman–Crippen LogP) is 3.10. The molecule has 35 heavy (non-hydrogen) atoms. The van der Waals surface area contributed by atoms with Crippen molar-refractivity contribution in [2.75, 3.05) is 0 Å². The monoisotopic (exact) mass is 485 g/mol. The van der Waals surface area contributed by atoms with E-state index in [2.05, 4.69) is 25.1 Å². The van der Waals surface area contributed by atoms with E-state index in [0.717, 1.165) is 16.4 Å². The highest BCUT2D eigenvalue weighted by molar-refractivity contribution is 5.79. The molecule has 6 rings (SSSR count). The molecule has 0 saturated heterocycles. The van der Waals surface area contributed by atoms with Gasteiger partial charge in [0.05, 0.1) is 34.9 Å². The third-order valence-corrected chi connectivity index (χ3v) is 6.15. The number of benzene rings is 1. The minimum absolute atomic E-state index is 0.0589. The first-order valence-corrected chi connectivity index (χ1v) is 10.6. The van der Waals surface area contributed by atoms with Gasteiger partial charge in [0.1, 0.15) is 6.54 Å². The second kappa shape index (κ2) is 7.35. The molecule has 2 atom stereocenters. The lowest BCUT2D eigenvalue weighted by Crippen LogP contribution is -2.23. The molecular formula is C22H15F4N7O2. The van der Waals surface area contributed by atoms with Crippen LogP contribution in [0.15, 0.2) is 52.4 Å². The molecule has 13 heteroatoms. The smallest absolute Gasteiger partial charge is 0.313 e. The normalized spacial score (nSPS) is 17.9. The van der Waals surface area contributed by atoms with Gasteiger partial charge in [0.25, 0.3) is 5.56 Å². The van der Waals surface area contributed by atoms with Crippen molar-refractivity contribution in [3.8, 4) is 11.3 Å². The molecule has 2 N–H and O–H groups in total. The van der Waals surface area contributed by atoms with Gasteiger partial charge in [0.15, 0.2) is 11.5 Å². The van der Waals surface area contributed by atoms with E-state index in [0.29, 0.717) is 23.0 Å². The fourth-order valence-electron chi connectivity index (χ4n) is 4.47. The highest BCUT2D eigenvalue weighted by atomic mass is 19.4. The molecule has 0 amide bonds. The summed E-state index contributed by atoms with van der Waals surface area (Å²) in [4.78, 5) is 32.4. The van der Waals surface area contributed by atoms with Crippen LogP contribution in [0.25, 0.3) is 27.8 Å². The number of halogens is 4. The van der Waals surface area contributed by atoms with E-state index in [1.165, 1.54) is 16.9 Å². The van der Waals surface area contributed by atoms with E-state index in [9.17, 15) is 27.2 Å². The van der Waals surface area contributed by atoms with E-state index < -0.39 is 29.8 Å². The van der Waals surface area contributed by atoms with Crippen molar-refractivity contribution in [2.45, 2.75) is 31.0 Å². The molecule has 0 unspecified atom stereocenters. The average molecular weight is 485 g/mol. The first-order valence-electron chi connectivity index (χ1n) is 10.6. The molecule has 0 radical (unpaired) electrons. The summed E-state index contributed by atoms with van der Waals surface area (Å²) in [5, 5.41) is 8.52. The molecule has 1 fully saturated rings. The second-order valence-electron chi connectivity index (χ2n) is 8.46. The van der Waals surface area contributed by atoms with Gasteiger partial charge >= 0.3 is 11.9 Å². The van der Waals surface area contributed by atoms with E-state index in [4.69, 9.17) is 0 Å². The largest absolute Gasteiger partial charge is 0.408 e. The zero-order valence-corrected chi connectivity index (χ0v) is 17.7. The van der Waals surface area contributed by atoms with Crippen molar-refractivity contribution in [3.05, 3.63) is 80.8 Å². The molecule has 0 spiro atoms. The fraction of sp³-hybridized carbons (Fsp3) is 0.227. The van der Waals surface area contributed by atoms with Gasteiger partial charge in [-0.05, 0) is 30.0 Å². The summed E-state index contributed by atoms with van der Waals surface area (Å²) in [6.07, 6.45) is -0.146. The van der Waals surface area contributed by atoms with Crippen molar-refractivity contribution in [1.29, 1.82) is 0 Å². The van der Waals surface area contributed by atoms with Crippen molar-refractivity contribution in [2.24, 2.45) is 0 Å². The lowest BCUT2D eigenvalue weighted by molar-refractivity contribution is -0.141. The fourth-order valence-corrected chi connectivity index (χ4v) is 4.47. The Morgan fingerprint density at radius 2 is 1.91 bits per heavy atom. The quantitative estimate of drug-likeness (QED) is 0.380. The highest BCUT2D eigenvalue weighted by Crippen LogP contribution is 2.55. The Balaban J connectivity index is 1.41. The Bertz CT molecular complexity index is 1730. The molecule has 0 aliphatic heterocycles. The predicted molar refractivity (Wildman–Crippen MR) is 116 cm³/mol. The molecule has 4 heterocycles. The summed E-state index contributed by atoms with van der Waals surface area (Å²) in [7, 11) is 0. The zero-order valence-electron chi connectivity index (χ0n) is 17.7. The molecule has 5 aromatic rings. The van der Waals surface area contributed by atoms with Gasteiger partial charge in [-0.15, -0.1) is 0 Å². The van der Waals surface area contributed by atoms with E-state index in [1.54, 1.807) is 18.2 Å². The number of hydrogen-bond donors (Lipinski definition) is 2. The summed E-state index contributed by atoms with van der Waals surface area (Å²) < 4.78 is 55.5. The number of hydrogen-bond acceptors (Lipinski definition) is 5. The minimum Gasteiger partial charge on any atom is -0.313 e. The van der Waals surface area contributed by atoms with Crippen LogP contribution in [0.4, 0.5) is 17.6 Å². The Labute approximate surface area is 192 Å². The maximum absolute atomic E-state index is 14.4. The molecule has 9 nitrogen and oxygen atoms in total. The molecule has 178 valence electrons. The van der Waals surface area contributed by atoms with Gasteiger partial charge in [-0.1, -0.05) is 12.1 Å². The number of nitrogens with zero attached hydrogens (tertiary/aromatic N) is 5.